The Bertz CT molecular complexity index is 661. The molecule has 0 radical (unpaired) electrons. The molecule has 0 fully saturated rings. The third kappa shape index (κ3) is 3.53. The molecule has 1 atom stereocenters. The molecule has 0 saturated carbocycles. The van der Waals surface area contributed by atoms with E-state index in [1.807, 2.05) is 24.9 Å². The van der Waals surface area contributed by atoms with Crippen LogP contribution in [-0.2, 0) is 0 Å². The summed E-state index contributed by atoms with van der Waals surface area (Å²) in [6, 6.07) is 11.8. The second-order valence-corrected chi connectivity index (χ2v) is 5.99. The van der Waals surface area contributed by atoms with E-state index in [4.69, 9.17) is 18.0 Å². The minimum absolute atomic E-state index is 0.175. The van der Waals surface area contributed by atoms with Crippen molar-refractivity contribution in [2.24, 2.45) is 0 Å². The Labute approximate surface area is 135 Å². The molecular formula is C17H17ClN2S. The van der Waals surface area contributed by atoms with Gasteiger partial charge < -0.3 is 4.90 Å². The highest BCUT2D eigenvalue weighted by atomic mass is 35.5. The van der Waals surface area contributed by atoms with Gasteiger partial charge in [-0.25, -0.2) is 4.98 Å². The van der Waals surface area contributed by atoms with E-state index >= 15 is 0 Å². The number of pyridine rings is 1. The third-order valence-electron chi connectivity index (χ3n) is 3.35. The molecule has 4 heteroatoms. The first kappa shape index (κ1) is 15.8. The summed E-state index contributed by atoms with van der Waals surface area (Å²) in [6.45, 7) is 2.00. The summed E-state index contributed by atoms with van der Waals surface area (Å²) in [4.78, 5) is 7.59. The van der Waals surface area contributed by atoms with Crippen LogP contribution in [0.25, 0.3) is 0 Å². The molecular weight excluding hydrogens is 300 g/mol. The molecule has 0 saturated heterocycles. The third-order valence-corrected chi connectivity index (χ3v) is 4.30. The van der Waals surface area contributed by atoms with Crippen LogP contribution in [-0.4, -0.2) is 18.3 Å². The number of thioether (sulfide) groups is 1. The van der Waals surface area contributed by atoms with Crippen LogP contribution < -0.4 is 4.90 Å². The fraction of sp³-hybridized carbons (Fsp3) is 0.235. The quantitative estimate of drug-likeness (QED) is 0.467. The van der Waals surface area contributed by atoms with E-state index in [9.17, 15) is 0 Å². The predicted molar refractivity (Wildman–Crippen MR) is 92.2 cm³/mol. The first-order valence-electron chi connectivity index (χ1n) is 6.53. The van der Waals surface area contributed by atoms with Crippen molar-refractivity contribution >= 4 is 29.2 Å². The van der Waals surface area contributed by atoms with Crippen molar-refractivity contribution in [2.45, 2.75) is 17.9 Å². The zero-order chi connectivity index (χ0) is 15.4. The molecule has 1 aromatic carbocycles. The summed E-state index contributed by atoms with van der Waals surface area (Å²) < 4.78 is 0. The van der Waals surface area contributed by atoms with Gasteiger partial charge in [0, 0.05) is 11.9 Å². The van der Waals surface area contributed by atoms with Gasteiger partial charge in [0.2, 0.25) is 0 Å². The summed E-state index contributed by atoms with van der Waals surface area (Å²) in [5.74, 6) is 3.64. The molecule has 1 unspecified atom stereocenters. The Morgan fingerprint density at radius 3 is 2.48 bits per heavy atom. The molecule has 1 heterocycles. The molecule has 1 aromatic heterocycles. The van der Waals surface area contributed by atoms with Gasteiger partial charge in [0.05, 0.1) is 0 Å². The van der Waals surface area contributed by atoms with Crippen LogP contribution in [0.5, 0.6) is 0 Å². The number of hydrogen-bond donors (Lipinski definition) is 0. The SMILES string of the molecule is C#CC(c1ccc(SC)cc1)N(C)c1nc(Cl)ccc1C. The van der Waals surface area contributed by atoms with E-state index in [1.54, 1.807) is 17.8 Å². The lowest BCUT2D eigenvalue weighted by molar-refractivity contribution is 0.812. The second-order valence-electron chi connectivity index (χ2n) is 4.73. The molecule has 2 aromatic rings. The predicted octanol–water partition coefficient (Wildman–Crippen LogP) is 4.58. The number of benzene rings is 1. The van der Waals surface area contributed by atoms with Crippen molar-refractivity contribution in [2.75, 3.05) is 18.2 Å². The molecule has 0 aliphatic carbocycles. The lowest BCUT2D eigenvalue weighted by atomic mass is 10.1. The maximum absolute atomic E-state index is 6.00. The topological polar surface area (TPSA) is 16.1 Å². The van der Waals surface area contributed by atoms with Crippen molar-refractivity contribution in [3.63, 3.8) is 0 Å². The van der Waals surface area contributed by atoms with Gasteiger partial charge >= 0.3 is 0 Å². The van der Waals surface area contributed by atoms with E-state index in [1.165, 1.54) is 4.90 Å². The minimum atomic E-state index is -0.175. The van der Waals surface area contributed by atoms with Crippen molar-refractivity contribution < 1.29 is 0 Å². The first-order chi connectivity index (χ1) is 10.1. The van der Waals surface area contributed by atoms with Gasteiger partial charge in [-0.2, -0.15) is 0 Å². The fourth-order valence-corrected chi connectivity index (χ4v) is 2.74. The van der Waals surface area contributed by atoms with E-state index in [0.29, 0.717) is 5.15 Å². The van der Waals surface area contributed by atoms with Crippen molar-refractivity contribution in [1.29, 1.82) is 0 Å². The zero-order valence-corrected chi connectivity index (χ0v) is 13.9. The fourth-order valence-electron chi connectivity index (χ4n) is 2.19. The number of nitrogens with zero attached hydrogens (tertiary/aromatic N) is 2. The molecule has 0 bridgehead atoms. The Kier molecular flexibility index (Phi) is 5.17. The summed E-state index contributed by atoms with van der Waals surface area (Å²) in [5.41, 5.74) is 2.11. The van der Waals surface area contributed by atoms with E-state index in [2.05, 4.69) is 41.4 Å². The normalized spacial score (nSPS) is 11.8. The van der Waals surface area contributed by atoms with Crippen LogP contribution in [0.2, 0.25) is 5.15 Å². The lowest BCUT2D eigenvalue weighted by Gasteiger charge is -2.27. The maximum atomic E-state index is 6.00. The summed E-state index contributed by atoms with van der Waals surface area (Å²) >= 11 is 7.71. The van der Waals surface area contributed by atoms with Crippen LogP contribution in [0.3, 0.4) is 0 Å². The van der Waals surface area contributed by atoms with Crippen molar-refractivity contribution in [3.05, 3.63) is 52.7 Å². The van der Waals surface area contributed by atoms with Crippen LogP contribution in [0.4, 0.5) is 5.82 Å². The molecule has 0 aliphatic rings. The van der Waals surface area contributed by atoms with Crippen LogP contribution in [0, 0.1) is 19.3 Å². The second kappa shape index (κ2) is 6.89. The number of halogens is 1. The van der Waals surface area contributed by atoms with Gasteiger partial charge in [-0.1, -0.05) is 35.7 Å². The molecule has 2 rings (SSSR count). The highest BCUT2D eigenvalue weighted by molar-refractivity contribution is 7.98. The van der Waals surface area contributed by atoms with Crippen LogP contribution in [0.15, 0.2) is 41.3 Å². The van der Waals surface area contributed by atoms with Gasteiger partial charge in [0.15, 0.2) is 0 Å². The number of terminal acetylenes is 1. The molecule has 0 aliphatic heterocycles. The van der Waals surface area contributed by atoms with Gasteiger partial charge in [-0.3, -0.25) is 0 Å². The first-order valence-corrected chi connectivity index (χ1v) is 8.13. The summed E-state index contributed by atoms with van der Waals surface area (Å²) in [6.07, 6.45) is 7.80. The van der Waals surface area contributed by atoms with Gasteiger partial charge in [-0.05, 0) is 42.5 Å². The molecule has 108 valence electrons. The lowest BCUT2D eigenvalue weighted by Crippen LogP contribution is -2.24. The molecule has 2 nitrogen and oxygen atoms in total. The molecule has 0 N–H and O–H groups in total. The van der Waals surface area contributed by atoms with Crippen LogP contribution in [0.1, 0.15) is 17.2 Å². The summed E-state index contributed by atoms with van der Waals surface area (Å²) in [5, 5.41) is 0.468. The minimum Gasteiger partial charge on any atom is -0.341 e. The van der Waals surface area contributed by atoms with Crippen LogP contribution >= 0.6 is 23.4 Å². The zero-order valence-electron chi connectivity index (χ0n) is 12.3. The number of aryl methyl sites for hydroxylation is 1. The van der Waals surface area contributed by atoms with Gasteiger partial charge in [-0.15, -0.1) is 18.2 Å². The van der Waals surface area contributed by atoms with E-state index < -0.39 is 0 Å². The Hall–Kier alpha value is -1.63. The smallest absolute Gasteiger partial charge is 0.134 e. The van der Waals surface area contributed by atoms with Gasteiger partial charge in [0.1, 0.15) is 17.0 Å². The highest BCUT2D eigenvalue weighted by Crippen LogP contribution is 2.28. The Balaban J connectivity index is 2.36. The van der Waals surface area contributed by atoms with Crippen molar-refractivity contribution in [1.82, 2.24) is 4.98 Å². The number of anilines is 1. The Morgan fingerprint density at radius 1 is 1.24 bits per heavy atom. The molecule has 0 amide bonds. The standard InChI is InChI=1S/C17H17ClN2S/c1-5-15(13-7-9-14(21-4)10-8-13)20(3)17-12(2)6-11-16(18)19-17/h1,6-11,15H,2-4H3. The van der Waals surface area contributed by atoms with Crippen molar-refractivity contribution in [3.8, 4) is 12.3 Å². The van der Waals surface area contributed by atoms with E-state index in [0.717, 1.165) is 16.9 Å². The molecule has 0 spiro atoms. The maximum Gasteiger partial charge on any atom is 0.134 e. The highest BCUT2D eigenvalue weighted by Gasteiger charge is 2.18. The number of rotatable bonds is 4. The average Bonchev–Trinajstić information content (AvgIpc) is 2.51. The number of hydrogen-bond acceptors (Lipinski definition) is 3. The summed E-state index contributed by atoms with van der Waals surface area (Å²) in [7, 11) is 1.94. The number of aromatic nitrogens is 1. The average molecular weight is 317 g/mol. The van der Waals surface area contributed by atoms with E-state index in [-0.39, 0.29) is 6.04 Å². The largest absolute Gasteiger partial charge is 0.341 e. The monoisotopic (exact) mass is 316 g/mol. The van der Waals surface area contributed by atoms with Gasteiger partial charge in [0.25, 0.3) is 0 Å². The Morgan fingerprint density at radius 2 is 1.90 bits per heavy atom. The molecule has 21 heavy (non-hydrogen) atoms.